The number of aromatic nitrogens is 2. The summed E-state index contributed by atoms with van der Waals surface area (Å²) in [5, 5.41) is 14.9. The van der Waals surface area contributed by atoms with E-state index >= 15 is 0 Å². The van der Waals surface area contributed by atoms with Crippen LogP contribution in [0, 0.1) is 0 Å². The number of nitrogens with one attached hydrogen (secondary N) is 1. The maximum absolute atomic E-state index is 13.0. The summed E-state index contributed by atoms with van der Waals surface area (Å²) in [6.07, 6.45) is 7.34. The van der Waals surface area contributed by atoms with Gasteiger partial charge in [0.1, 0.15) is 24.2 Å². The lowest BCUT2D eigenvalue weighted by molar-refractivity contribution is -0.0267. The van der Waals surface area contributed by atoms with E-state index < -0.39 is 0 Å². The molecule has 1 saturated heterocycles. The number of nitrogens with zero attached hydrogens (tertiary/aromatic N) is 3. The Balaban J connectivity index is 0.988. The number of phenolic OH excluding ortho intramolecular Hbond substituents is 1. The fourth-order valence-electron chi connectivity index (χ4n) is 5.75. The Hall–Kier alpha value is -4.66. The fourth-order valence-corrected chi connectivity index (χ4v) is 5.75. The van der Waals surface area contributed by atoms with Crippen molar-refractivity contribution in [2.75, 3.05) is 32.8 Å². The molecule has 8 nitrogen and oxygen atoms in total. The van der Waals surface area contributed by atoms with Crippen LogP contribution in [0.15, 0.2) is 110 Å². The molecule has 1 amide bonds. The Kier molecular flexibility index (Phi) is 9.50. The standard InChI is InChI=1S/C36H38N4O4/c41-33-13-14-34(43-24-23-40-21-17-37-26-40)31-12-11-29(25-32(31)33)36(42)38-18-22-39-19-15-30(16-20-39)44-35(27-7-3-1-4-8-27)28-9-5-2-6-10-28/h1-14,17,21,25-26,30,35,41H,15-16,18-20,22-24H2,(H,38,42). The van der Waals surface area contributed by atoms with Gasteiger partial charge in [0.25, 0.3) is 5.91 Å². The molecule has 1 aromatic heterocycles. The van der Waals surface area contributed by atoms with Crippen LogP contribution in [0.5, 0.6) is 11.5 Å². The number of carbonyl (C=O) groups is 1. The number of ether oxygens (including phenoxy) is 2. The zero-order chi connectivity index (χ0) is 30.1. The highest BCUT2D eigenvalue weighted by molar-refractivity contribution is 6.01. The second-order valence-corrected chi connectivity index (χ2v) is 11.1. The Morgan fingerprint density at radius 3 is 2.32 bits per heavy atom. The van der Waals surface area contributed by atoms with Gasteiger partial charge in [-0.05, 0) is 54.3 Å². The number of imidazole rings is 1. The molecule has 2 heterocycles. The molecule has 0 radical (unpaired) electrons. The van der Waals surface area contributed by atoms with Gasteiger partial charge in [-0.15, -0.1) is 0 Å². The lowest BCUT2D eigenvalue weighted by atomic mass is 10.00. The molecule has 1 aliphatic rings. The number of benzene rings is 4. The van der Waals surface area contributed by atoms with Crippen LogP contribution in [0.4, 0.5) is 0 Å². The number of likely N-dealkylation sites (tertiary alicyclic amines) is 1. The summed E-state index contributed by atoms with van der Waals surface area (Å²) >= 11 is 0. The maximum atomic E-state index is 13.0. The molecule has 5 aromatic rings. The Morgan fingerprint density at radius 2 is 1.64 bits per heavy atom. The molecule has 6 rings (SSSR count). The summed E-state index contributed by atoms with van der Waals surface area (Å²) in [4.78, 5) is 19.4. The summed E-state index contributed by atoms with van der Waals surface area (Å²) in [6.45, 7) is 4.28. The summed E-state index contributed by atoms with van der Waals surface area (Å²) in [5.74, 6) is 0.615. The van der Waals surface area contributed by atoms with E-state index in [-0.39, 0.29) is 23.9 Å². The van der Waals surface area contributed by atoms with Crippen molar-refractivity contribution < 1.29 is 19.4 Å². The molecule has 0 spiro atoms. The van der Waals surface area contributed by atoms with E-state index in [1.807, 2.05) is 29.0 Å². The van der Waals surface area contributed by atoms with Gasteiger partial charge >= 0.3 is 0 Å². The number of hydrogen-bond donors (Lipinski definition) is 2. The molecule has 8 heteroatoms. The van der Waals surface area contributed by atoms with E-state index in [4.69, 9.17) is 9.47 Å². The van der Waals surface area contributed by atoms with Gasteiger partial charge in [0.15, 0.2) is 0 Å². The molecule has 0 atom stereocenters. The lowest BCUT2D eigenvalue weighted by Gasteiger charge is -2.34. The SMILES string of the molecule is O=C(NCCN1CCC(OC(c2ccccc2)c2ccccc2)CC1)c1ccc2c(OCCn3ccnc3)ccc(O)c2c1. The van der Waals surface area contributed by atoms with E-state index in [1.165, 1.54) is 11.1 Å². The first-order valence-corrected chi connectivity index (χ1v) is 15.2. The van der Waals surface area contributed by atoms with Crippen LogP contribution in [0.1, 0.15) is 40.4 Å². The zero-order valence-electron chi connectivity index (χ0n) is 24.7. The van der Waals surface area contributed by atoms with Gasteiger partial charge in [-0.3, -0.25) is 4.79 Å². The summed E-state index contributed by atoms with van der Waals surface area (Å²) in [5.41, 5.74) is 2.84. The number of rotatable bonds is 12. The van der Waals surface area contributed by atoms with Gasteiger partial charge in [-0.1, -0.05) is 60.7 Å². The molecule has 0 saturated carbocycles. The van der Waals surface area contributed by atoms with E-state index in [1.54, 1.807) is 36.8 Å². The molecular formula is C36H38N4O4. The lowest BCUT2D eigenvalue weighted by Crippen LogP contribution is -2.41. The quantitative estimate of drug-likeness (QED) is 0.190. The van der Waals surface area contributed by atoms with Crippen LogP contribution in [-0.4, -0.2) is 64.4 Å². The van der Waals surface area contributed by atoms with Crippen molar-refractivity contribution in [2.24, 2.45) is 0 Å². The van der Waals surface area contributed by atoms with Crippen molar-refractivity contribution in [1.82, 2.24) is 19.8 Å². The Morgan fingerprint density at radius 1 is 0.909 bits per heavy atom. The first-order chi connectivity index (χ1) is 21.6. The monoisotopic (exact) mass is 590 g/mol. The Labute approximate surface area is 257 Å². The van der Waals surface area contributed by atoms with Gasteiger partial charge in [-0.2, -0.15) is 0 Å². The number of amides is 1. The third-order valence-electron chi connectivity index (χ3n) is 8.16. The average Bonchev–Trinajstić information content (AvgIpc) is 3.60. The first-order valence-electron chi connectivity index (χ1n) is 15.2. The molecule has 1 fully saturated rings. The highest BCUT2D eigenvalue weighted by Gasteiger charge is 2.24. The normalized spacial score (nSPS) is 14.2. The van der Waals surface area contributed by atoms with Crippen molar-refractivity contribution in [2.45, 2.75) is 31.6 Å². The van der Waals surface area contributed by atoms with Gasteiger partial charge in [0, 0.05) is 54.9 Å². The van der Waals surface area contributed by atoms with Crippen molar-refractivity contribution in [3.63, 3.8) is 0 Å². The molecule has 2 N–H and O–H groups in total. The predicted octanol–water partition coefficient (Wildman–Crippen LogP) is 5.82. The van der Waals surface area contributed by atoms with Gasteiger partial charge in [0.05, 0.1) is 19.0 Å². The minimum Gasteiger partial charge on any atom is -0.507 e. The molecule has 226 valence electrons. The van der Waals surface area contributed by atoms with Crippen molar-refractivity contribution >= 4 is 16.7 Å². The van der Waals surface area contributed by atoms with E-state index in [0.717, 1.165) is 37.9 Å². The third-order valence-corrected chi connectivity index (χ3v) is 8.16. The predicted molar refractivity (Wildman–Crippen MR) is 171 cm³/mol. The van der Waals surface area contributed by atoms with E-state index in [9.17, 15) is 9.90 Å². The van der Waals surface area contributed by atoms with Crippen molar-refractivity contribution in [1.29, 1.82) is 0 Å². The highest BCUT2D eigenvalue weighted by atomic mass is 16.5. The number of aromatic hydroxyl groups is 1. The maximum Gasteiger partial charge on any atom is 0.251 e. The summed E-state index contributed by atoms with van der Waals surface area (Å²) in [6, 6.07) is 29.5. The van der Waals surface area contributed by atoms with Crippen molar-refractivity contribution in [3.05, 3.63) is 126 Å². The van der Waals surface area contributed by atoms with E-state index in [2.05, 4.69) is 63.7 Å². The van der Waals surface area contributed by atoms with Crippen LogP contribution in [0.2, 0.25) is 0 Å². The van der Waals surface area contributed by atoms with Crippen molar-refractivity contribution in [3.8, 4) is 11.5 Å². The van der Waals surface area contributed by atoms with Crippen LogP contribution >= 0.6 is 0 Å². The molecule has 1 aliphatic heterocycles. The number of hydrogen-bond acceptors (Lipinski definition) is 6. The largest absolute Gasteiger partial charge is 0.507 e. The van der Waals surface area contributed by atoms with Crippen LogP contribution < -0.4 is 10.1 Å². The molecule has 4 aromatic carbocycles. The molecule has 0 unspecified atom stereocenters. The Bertz CT molecular complexity index is 1600. The van der Waals surface area contributed by atoms with Gasteiger partial charge in [0.2, 0.25) is 0 Å². The second-order valence-electron chi connectivity index (χ2n) is 11.1. The molecule has 0 bridgehead atoms. The fraction of sp³-hybridized carbons (Fsp3) is 0.278. The topological polar surface area (TPSA) is 88.9 Å². The number of fused-ring (bicyclic) bond motifs is 1. The van der Waals surface area contributed by atoms with Crippen LogP contribution in [0.25, 0.3) is 10.8 Å². The van der Waals surface area contributed by atoms with Gasteiger partial charge < -0.3 is 29.4 Å². The second kappa shape index (κ2) is 14.2. The minimum atomic E-state index is -0.162. The molecule has 0 aliphatic carbocycles. The highest BCUT2D eigenvalue weighted by Crippen LogP contribution is 2.33. The zero-order valence-corrected chi connectivity index (χ0v) is 24.7. The van der Waals surface area contributed by atoms with E-state index in [0.29, 0.717) is 36.4 Å². The third kappa shape index (κ3) is 7.27. The number of carbonyl (C=O) groups excluding carboxylic acids is 1. The van der Waals surface area contributed by atoms with Crippen LogP contribution in [0.3, 0.4) is 0 Å². The first kappa shape index (κ1) is 29.4. The van der Waals surface area contributed by atoms with Gasteiger partial charge in [-0.25, -0.2) is 4.98 Å². The molecular weight excluding hydrogens is 552 g/mol. The summed E-state index contributed by atoms with van der Waals surface area (Å²) in [7, 11) is 0. The smallest absolute Gasteiger partial charge is 0.251 e. The molecule has 44 heavy (non-hydrogen) atoms. The summed E-state index contributed by atoms with van der Waals surface area (Å²) < 4.78 is 14.6. The number of phenols is 1. The average molecular weight is 591 g/mol. The number of piperidine rings is 1. The van der Waals surface area contributed by atoms with Crippen LogP contribution in [-0.2, 0) is 11.3 Å². The minimum absolute atomic E-state index is 0.0837.